The predicted molar refractivity (Wildman–Crippen MR) is 239 cm³/mol. The molecule has 5 heteroatoms. The van der Waals surface area contributed by atoms with Crippen LogP contribution in [0.4, 0.5) is 0 Å². The van der Waals surface area contributed by atoms with E-state index in [9.17, 15) is 0 Å². The van der Waals surface area contributed by atoms with Gasteiger partial charge in [-0.1, -0.05) is 128 Å². The molecule has 12 rings (SSSR count). The van der Waals surface area contributed by atoms with Crippen LogP contribution in [0.2, 0.25) is 0 Å². The molecule has 0 amide bonds. The molecule has 0 fully saturated rings. The number of hydrogen-bond acceptors (Lipinski definition) is 4. The maximum Gasteiger partial charge on any atom is 0.156 e. The van der Waals surface area contributed by atoms with E-state index in [1.54, 1.807) is 0 Å². The Morgan fingerprint density at radius 1 is 0.466 bits per heavy atom. The first-order valence-corrected chi connectivity index (χ1v) is 19.5. The van der Waals surface area contributed by atoms with Crippen LogP contribution >= 0.6 is 0 Å². The van der Waals surface area contributed by atoms with Gasteiger partial charge < -0.3 is 13.4 Å². The highest BCUT2D eigenvalue weighted by atomic mass is 16.3. The molecule has 5 nitrogen and oxygen atoms in total. The second kappa shape index (κ2) is 12.6. The molecule has 0 aliphatic carbocycles. The van der Waals surface area contributed by atoms with Gasteiger partial charge in [0.15, 0.2) is 5.84 Å². The molecule has 0 bridgehead atoms. The summed E-state index contributed by atoms with van der Waals surface area (Å²) in [6.45, 7) is 4.51. The molecule has 0 spiro atoms. The van der Waals surface area contributed by atoms with Crippen molar-refractivity contribution in [2.75, 3.05) is 0 Å². The van der Waals surface area contributed by atoms with Crippen molar-refractivity contribution >= 4 is 77.2 Å². The van der Waals surface area contributed by atoms with E-state index >= 15 is 0 Å². The smallest absolute Gasteiger partial charge is 0.156 e. The summed E-state index contributed by atoms with van der Waals surface area (Å²) in [4.78, 5) is 10.5. The van der Waals surface area contributed by atoms with E-state index in [1.807, 2.05) is 60.7 Å². The lowest BCUT2D eigenvalue weighted by Crippen LogP contribution is -2.20. The summed E-state index contributed by atoms with van der Waals surface area (Å²) in [6, 6.07) is 63.1. The highest BCUT2D eigenvalue weighted by Gasteiger charge is 2.27. The third-order valence-corrected chi connectivity index (χ3v) is 11.6. The first-order chi connectivity index (χ1) is 28.7. The van der Waals surface area contributed by atoms with Crippen LogP contribution < -0.4 is 0 Å². The van der Waals surface area contributed by atoms with Crippen LogP contribution in [0.15, 0.2) is 213 Å². The van der Waals surface area contributed by atoms with E-state index in [2.05, 4.69) is 132 Å². The van der Waals surface area contributed by atoms with Crippen molar-refractivity contribution < 1.29 is 8.83 Å². The summed E-state index contributed by atoms with van der Waals surface area (Å²) in [7, 11) is 0. The second-order valence-corrected chi connectivity index (χ2v) is 15.0. The zero-order chi connectivity index (χ0) is 38.3. The molecular weight excluding hydrogens is 711 g/mol. The van der Waals surface area contributed by atoms with E-state index < -0.39 is 0 Å². The molecular formula is C53H33N3O2. The van der Waals surface area contributed by atoms with E-state index in [0.717, 1.165) is 99.7 Å². The molecule has 11 aromatic rings. The number of rotatable bonds is 5. The summed E-state index contributed by atoms with van der Waals surface area (Å²) in [5.74, 6) is 0.663. The van der Waals surface area contributed by atoms with Crippen LogP contribution in [0.3, 0.4) is 0 Å². The number of benzene rings is 8. The molecule has 8 aromatic carbocycles. The molecule has 0 radical (unpaired) electrons. The van der Waals surface area contributed by atoms with Gasteiger partial charge >= 0.3 is 0 Å². The molecule has 1 atom stereocenters. The second-order valence-electron chi connectivity index (χ2n) is 15.0. The summed E-state index contributed by atoms with van der Waals surface area (Å²) in [5, 5.41) is 6.64. The van der Waals surface area contributed by atoms with Gasteiger partial charge in [0.05, 0.1) is 16.7 Å². The van der Waals surface area contributed by atoms with Crippen LogP contribution in [0.5, 0.6) is 0 Å². The topological polar surface area (TPSA) is 55.9 Å². The molecule has 0 saturated carbocycles. The summed E-state index contributed by atoms with van der Waals surface area (Å²) >= 11 is 0. The van der Waals surface area contributed by atoms with Gasteiger partial charge in [-0.05, 0) is 71.3 Å². The number of para-hydroxylation sites is 2. The Morgan fingerprint density at radius 2 is 1.14 bits per heavy atom. The Balaban J connectivity index is 0.997. The zero-order valence-corrected chi connectivity index (χ0v) is 31.3. The fourth-order valence-electron chi connectivity index (χ4n) is 8.90. The van der Waals surface area contributed by atoms with E-state index in [1.165, 1.54) is 10.8 Å². The zero-order valence-electron chi connectivity index (χ0n) is 31.3. The molecule has 0 saturated heterocycles. The minimum atomic E-state index is -0.270. The Labute approximate surface area is 333 Å². The number of furan rings is 2. The third kappa shape index (κ3) is 4.97. The molecule has 3 aromatic heterocycles. The van der Waals surface area contributed by atoms with Gasteiger partial charge in [-0.15, -0.1) is 0 Å². The Morgan fingerprint density at radius 3 is 2.00 bits per heavy atom. The van der Waals surface area contributed by atoms with Crippen molar-refractivity contribution in [3.63, 3.8) is 0 Å². The molecule has 1 aliphatic rings. The van der Waals surface area contributed by atoms with Gasteiger partial charge in [0.1, 0.15) is 28.4 Å². The number of aromatic nitrogens is 1. The van der Waals surface area contributed by atoms with Gasteiger partial charge in [0.25, 0.3) is 0 Å². The van der Waals surface area contributed by atoms with E-state index in [-0.39, 0.29) is 6.04 Å². The summed E-state index contributed by atoms with van der Waals surface area (Å²) in [6.07, 6.45) is 0. The van der Waals surface area contributed by atoms with Gasteiger partial charge in [-0.2, -0.15) is 0 Å². The number of amidine groups is 1. The number of hydrogen-bond donors (Lipinski definition) is 0. The molecule has 58 heavy (non-hydrogen) atoms. The number of aliphatic imine (C=N–C) groups is 2. The maximum atomic E-state index is 6.68. The SMILES string of the molecule is C=C1C(c2ccccc2)=NC(c2cccc3oc4cc(-n5c6ccccc6c6cc(-c7ccc8oc9ccccc9c8c7)ccc65)ccc4c23)=NC1c1ccccc1. The minimum Gasteiger partial charge on any atom is -0.456 e. The quantitative estimate of drug-likeness (QED) is 0.176. The Hall–Kier alpha value is -7.76. The molecule has 1 unspecified atom stereocenters. The summed E-state index contributed by atoms with van der Waals surface area (Å²) in [5.41, 5.74) is 13.7. The Bertz CT molecular complexity index is 3530. The highest BCUT2D eigenvalue weighted by molar-refractivity contribution is 6.26. The lowest BCUT2D eigenvalue weighted by atomic mass is 9.91. The lowest BCUT2D eigenvalue weighted by molar-refractivity contribution is 0.668. The standard InChI is InChI=1S/C53H33N3O2/c1-32-51(33-13-4-2-5-14-33)54-53(55-52(32)34-15-6-3-7-16-34)41-19-12-22-48-50(41)40-26-25-37(31-49(40)58-48)56-44-20-10-8-17-38(44)42-29-35(23-27-45(42)56)36-24-28-47-43(30-36)39-18-9-11-21-46(39)57-47/h2-31,51H,1H2. The highest BCUT2D eigenvalue weighted by Crippen LogP contribution is 2.40. The molecule has 272 valence electrons. The fourth-order valence-corrected chi connectivity index (χ4v) is 8.90. The maximum absolute atomic E-state index is 6.68. The molecule has 4 heterocycles. The number of fused-ring (bicyclic) bond motifs is 9. The van der Waals surface area contributed by atoms with Crippen LogP contribution in [0.1, 0.15) is 22.7 Å². The van der Waals surface area contributed by atoms with Crippen molar-refractivity contribution in [2.45, 2.75) is 6.04 Å². The van der Waals surface area contributed by atoms with Crippen molar-refractivity contribution in [1.29, 1.82) is 0 Å². The number of nitrogens with zero attached hydrogens (tertiary/aromatic N) is 3. The van der Waals surface area contributed by atoms with E-state index in [4.69, 9.17) is 18.8 Å². The van der Waals surface area contributed by atoms with Crippen LogP contribution in [0, 0.1) is 0 Å². The predicted octanol–water partition coefficient (Wildman–Crippen LogP) is 13.8. The van der Waals surface area contributed by atoms with Gasteiger partial charge in [0, 0.05) is 60.8 Å². The Kier molecular flexibility index (Phi) is 7.07. The van der Waals surface area contributed by atoms with Crippen molar-refractivity contribution in [2.24, 2.45) is 9.98 Å². The van der Waals surface area contributed by atoms with Crippen molar-refractivity contribution in [3.8, 4) is 16.8 Å². The van der Waals surface area contributed by atoms with E-state index in [0.29, 0.717) is 5.84 Å². The first kappa shape index (κ1) is 32.5. The monoisotopic (exact) mass is 743 g/mol. The summed E-state index contributed by atoms with van der Waals surface area (Å²) < 4.78 is 15.2. The largest absolute Gasteiger partial charge is 0.456 e. The first-order valence-electron chi connectivity index (χ1n) is 19.5. The van der Waals surface area contributed by atoms with Crippen molar-refractivity contribution in [1.82, 2.24) is 4.57 Å². The van der Waals surface area contributed by atoms with Crippen LogP contribution in [0.25, 0.3) is 82.5 Å². The van der Waals surface area contributed by atoms with Crippen LogP contribution in [-0.2, 0) is 0 Å². The van der Waals surface area contributed by atoms with Gasteiger partial charge in [-0.25, -0.2) is 4.99 Å². The molecule has 1 aliphatic heterocycles. The average molecular weight is 744 g/mol. The normalized spacial score (nSPS) is 14.6. The average Bonchev–Trinajstić information content (AvgIpc) is 3.96. The van der Waals surface area contributed by atoms with Crippen molar-refractivity contribution in [3.05, 3.63) is 211 Å². The fraction of sp³-hybridized carbons (Fsp3) is 0.0189. The minimum absolute atomic E-state index is 0.270. The lowest BCUT2D eigenvalue weighted by Gasteiger charge is -2.24. The molecule has 0 N–H and O–H groups in total. The van der Waals surface area contributed by atoms with Gasteiger partial charge in [-0.3, -0.25) is 4.99 Å². The third-order valence-electron chi connectivity index (χ3n) is 11.6. The van der Waals surface area contributed by atoms with Gasteiger partial charge in [0.2, 0.25) is 0 Å². The van der Waals surface area contributed by atoms with Crippen LogP contribution in [-0.4, -0.2) is 16.1 Å².